The molecule has 2 N–H and O–H groups in total. The van der Waals surface area contributed by atoms with E-state index < -0.39 is 0 Å². The summed E-state index contributed by atoms with van der Waals surface area (Å²) in [5, 5.41) is 17.3. The number of amides is 1. The molecule has 19 heavy (non-hydrogen) atoms. The van der Waals surface area contributed by atoms with Crippen molar-refractivity contribution in [3.8, 4) is 6.07 Å². The summed E-state index contributed by atoms with van der Waals surface area (Å²) in [6, 6.07) is 2.12. The fourth-order valence-corrected chi connectivity index (χ4v) is 2.59. The minimum absolute atomic E-state index is 0.0840. The summed E-state index contributed by atoms with van der Waals surface area (Å²) in [5.74, 6) is -0.307. The normalized spacial score (nSPS) is 16.7. The van der Waals surface area contributed by atoms with Crippen molar-refractivity contribution in [2.24, 2.45) is 0 Å². The molecule has 0 aliphatic heterocycles. The molecule has 0 bridgehead atoms. The lowest BCUT2D eigenvalue weighted by Gasteiger charge is -2.22. The molecule has 0 radical (unpaired) electrons. The number of carbonyl (C=O) groups excluding carboxylic acids is 1. The van der Waals surface area contributed by atoms with Crippen LogP contribution < -0.4 is 10.6 Å². The van der Waals surface area contributed by atoms with Gasteiger partial charge in [-0.05, 0) is 12.8 Å². The molecular formula is C13H16N4OS. The molecule has 1 amide bonds. The first-order chi connectivity index (χ1) is 9.29. The van der Waals surface area contributed by atoms with Gasteiger partial charge in [0.1, 0.15) is 11.6 Å². The maximum Gasteiger partial charge on any atom is 0.263 e. The minimum Gasteiger partial charge on any atom is -0.349 e. The van der Waals surface area contributed by atoms with Crippen molar-refractivity contribution < 1.29 is 4.79 Å². The molecule has 1 aromatic rings. The Balaban J connectivity index is 1.91. The zero-order valence-electron chi connectivity index (χ0n) is 10.6. The van der Waals surface area contributed by atoms with Gasteiger partial charge in [0.25, 0.3) is 5.91 Å². The van der Waals surface area contributed by atoms with Crippen LogP contribution in [0.5, 0.6) is 0 Å². The van der Waals surface area contributed by atoms with Gasteiger partial charge in [-0.3, -0.25) is 4.79 Å². The fourth-order valence-electron chi connectivity index (χ4n) is 2.09. The third-order valence-electron chi connectivity index (χ3n) is 3.08. The summed E-state index contributed by atoms with van der Waals surface area (Å²) in [6.45, 7) is 0. The topological polar surface area (TPSA) is 77.8 Å². The lowest BCUT2D eigenvalue weighted by molar-refractivity contribution is -0.118. The number of anilines is 1. The summed E-state index contributed by atoms with van der Waals surface area (Å²) < 4.78 is 0. The van der Waals surface area contributed by atoms with Crippen LogP contribution in [0.1, 0.15) is 32.1 Å². The zero-order chi connectivity index (χ0) is 13.5. The van der Waals surface area contributed by atoms with Crippen molar-refractivity contribution in [1.82, 2.24) is 10.3 Å². The minimum atomic E-state index is -0.307. The number of carbonyl (C=O) groups is 1. The van der Waals surface area contributed by atoms with Gasteiger partial charge >= 0.3 is 0 Å². The van der Waals surface area contributed by atoms with Gasteiger partial charge in [0, 0.05) is 23.8 Å². The Labute approximate surface area is 116 Å². The second-order valence-corrected chi connectivity index (χ2v) is 5.35. The first-order valence-corrected chi connectivity index (χ1v) is 7.24. The Morgan fingerprint density at radius 1 is 1.47 bits per heavy atom. The van der Waals surface area contributed by atoms with Crippen LogP contribution in [0.4, 0.5) is 5.13 Å². The van der Waals surface area contributed by atoms with Crippen molar-refractivity contribution in [2.75, 3.05) is 5.32 Å². The molecule has 0 atom stereocenters. The van der Waals surface area contributed by atoms with Gasteiger partial charge in [-0.1, -0.05) is 19.3 Å². The van der Waals surface area contributed by atoms with E-state index in [1.54, 1.807) is 6.20 Å². The third-order valence-corrected chi connectivity index (χ3v) is 3.78. The van der Waals surface area contributed by atoms with Gasteiger partial charge in [0.15, 0.2) is 5.13 Å². The quantitative estimate of drug-likeness (QED) is 0.654. The number of nitrogens with zero attached hydrogens (tertiary/aromatic N) is 2. The van der Waals surface area contributed by atoms with Gasteiger partial charge in [0.2, 0.25) is 0 Å². The van der Waals surface area contributed by atoms with Crippen LogP contribution in [-0.4, -0.2) is 16.9 Å². The van der Waals surface area contributed by atoms with Crippen molar-refractivity contribution in [3.63, 3.8) is 0 Å². The number of hydrogen-bond acceptors (Lipinski definition) is 5. The predicted molar refractivity (Wildman–Crippen MR) is 74.4 cm³/mol. The third kappa shape index (κ3) is 4.07. The second-order valence-electron chi connectivity index (χ2n) is 4.46. The highest BCUT2D eigenvalue weighted by Crippen LogP contribution is 2.17. The fraction of sp³-hybridized carbons (Fsp3) is 0.462. The molecule has 0 aromatic carbocycles. The van der Waals surface area contributed by atoms with Crippen molar-refractivity contribution in [1.29, 1.82) is 5.26 Å². The van der Waals surface area contributed by atoms with Gasteiger partial charge in [-0.2, -0.15) is 5.26 Å². The molecule has 0 spiro atoms. The van der Waals surface area contributed by atoms with Gasteiger partial charge in [0.05, 0.1) is 0 Å². The molecule has 1 aromatic heterocycles. The number of thiazole rings is 1. The van der Waals surface area contributed by atoms with E-state index in [1.807, 2.05) is 11.4 Å². The maximum atomic E-state index is 11.9. The predicted octanol–water partition coefficient (Wildman–Crippen LogP) is 2.41. The summed E-state index contributed by atoms with van der Waals surface area (Å²) in [5.41, 5.74) is 0.0840. The highest BCUT2D eigenvalue weighted by molar-refractivity contribution is 7.13. The summed E-state index contributed by atoms with van der Waals surface area (Å²) in [7, 11) is 0. The van der Waals surface area contributed by atoms with E-state index in [0.717, 1.165) is 25.7 Å². The van der Waals surface area contributed by atoms with Crippen molar-refractivity contribution in [2.45, 2.75) is 38.1 Å². The van der Waals surface area contributed by atoms with Gasteiger partial charge in [-0.25, -0.2) is 4.98 Å². The molecule has 100 valence electrons. The summed E-state index contributed by atoms with van der Waals surface area (Å²) in [4.78, 5) is 16.0. The highest BCUT2D eigenvalue weighted by Gasteiger charge is 2.17. The van der Waals surface area contributed by atoms with Crippen LogP contribution in [0, 0.1) is 11.3 Å². The van der Waals surface area contributed by atoms with Crippen LogP contribution in [0.3, 0.4) is 0 Å². The largest absolute Gasteiger partial charge is 0.349 e. The molecule has 1 saturated carbocycles. The molecule has 0 saturated heterocycles. The van der Waals surface area contributed by atoms with Crippen LogP contribution in [-0.2, 0) is 4.79 Å². The smallest absolute Gasteiger partial charge is 0.263 e. The molecule has 6 heteroatoms. The number of aromatic nitrogens is 1. The van der Waals surface area contributed by atoms with Crippen LogP contribution in [0.2, 0.25) is 0 Å². The summed E-state index contributed by atoms with van der Waals surface area (Å²) in [6.07, 6.45) is 8.61. The van der Waals surface area contributed by atoms with E-state index in [9.17, 15) is 4.79 Å². The molecule has 5 nitrogen and oxygen atoms in total. The van der Waals surface area contributed by atoms with E-state index in [2.05, 4.69) is 15.6 Å². The molecule has 1 aliphatic rings. The molecule has 1 aliphatic carbocycles. The highest BCUT2D eigenvalue weighted by atomic mass is 32.1. The van der Waals surface area contributed by atoms with Crippen LogP contribution in [0.25, 0.3) is 0 Å². The molecule has 1 fully saturated rings. The van der Waals surface area contributed by atoms with Crippen molar-refractivity contribution >= 4 is 22.4 Å². The first-order valence-electron chi connectivity index (χ1n) is 6.37. The number of nitrogens with one attached hydrogen (secondary N) is 2. The first kappa shape index (κ1) is 13.6. The maximum absolute atomic E-state index is 11.9. The van der Waals surface area contributed by atoms with E-state index >= 15 is 0 Å². The lowest BCUT2D eigenvalue weighted by atomic mass is 9.95. The van der Waals surface area contributed by atoms with Crippen LogP contribution in [0.15, 0.2) is 23.3 Å². The lowest BCUT2D eigenvalue weighted by Crippen LogP contribution is -2.37. The molecule has 0 unspecified atom stereocenters. The average molecular weight is 276 g/mol. The van der Waals surface area contributed by atoms with E-state index in [-0.39, 0.29) is 17.5 Å². The molecular weight excluding hydrogens is 260 g/mol. The molecule has 2 rings (SSSR count). The number of hydrogen-bond donors (Lipinski definition) is 2. The van der Waals surface area contributed by atoms with Gasteiger partial charge < -0.3 is 10.6 Å². The second kappa shape index (κ2) is 6.90. The Kier molecular flexibility index (Phi) is 4.93. The summed E-state index contributed by atoms with van der Waals surface area (Å²) >= 11 is 1.41. The van der Waals surface area contributed by atoms with E-state index in [1.165, 1.54) is 24.0 Å². The van der Waals surface area contributed by atoms with Gasteiger partial charge in [-0.15, -0.1) is 11.3 Å². The number of rotatable bonds is 4. The van der Waals surface area contributed by atoms with E-state index in [0.29, 0.717) is 5.13 Å². The SMILES string of the molecule is N#C/C(=C/Nc1nccs1)C(=O)NC1CCCCC1. The standard InChI is InChI=1S/C13H16N4OS/c14-8-10(9-16-13-15-6-7-19-13)12(18)17-11-4-2-1-3-5-11/h6-7,9,11H,1-5H2,(H,15,16)(H,17,18)/b10-9-. The molecule has 1 heterocycles. The Bertz CT molecular complexity index is 483. The Hall–Kier alpha value is -1.87. The Morgan fingerprint density at radius 2 is 2.26 bits per heavy atom. The Morgan fingerprint density at radius 3 is 2.89 bits per heavy atom. The van der Waals surface area contributed by atoms with Crippen molar-refractivity contribution in [3.05, 3.63) is 23.3 Å². The van der Waals surface area contributed by atoms with Crippen LogP contribution >= 0.6 is 11.3 Å². The average Bonchev–Trinajstić information content (AvgIpc) is 2.94. The van der Waals surface area contributed by atoms with E-state index in [4.69, 9.17) is 5.26 Å². The number of nitriles is 1. The monoisotopic (exact) mass is 276 g/mol. The zero-order valence-corrected chi connectivity index (χ0v) is 11.4.